The summed E-state index contributed by atoms with van der Waals surface area (Å²) < 4.78 is 52.6. The summed E-state index contributed by atoms with van der Waals surface area (Å²) in [6.45, 7) is 1.41. The lowest BCUT2D eigenvalue weighted by Crippen LogP contribution is -2.45. The second-order valence-corrected chi connectivity index (χ2v) is 9.24. The molecule has 0 saturated carbocycles. The van der Waals surface area contributed by atoms with Crippen LogP contribution in [0.25, 0.3) is 0 Å². The van der Waals surface area contributed by atoms with Gasteiger partial charge in [-0.2, -0.15) is 0 Å². The Morgan fingerprint density at radius 2 is 1.83 bits per heavy atom. The first-order valence-corrected chi connectivity index (χ1v) is 11.5. The number of guanidine groups is 1. The molecule has 6 nitrogen and oxygen atoms in total. The number of para-hydroxylation sites is 1. The summed E-state index contributed by atoms with van der Waals surface area (Å²) in [4.78, 5) is 6.16. The minimum atomic E-state index is -3.31. The first-order chi connectivity index (χ1) is 14.4. The van der Waals surface area contributed by atoms with Gasteiger partial charge in [0.15, 0.2) is 15.8 Å². The summed E-state index contributed by atoms with van der Waals surface area (Å²) in [6, 6.07) is 12.2. The molecule has 1 fully saturated rings. The van der Waals surface area contributed by atoms with Gasteiger partial charge in [-0.3, -0.25) is 4.99 Å². The SMILES string of the molecule is CN=C(NCCCS(=O)(=O)c1ccccc1)NC1CCN(c2c(F)cccc2F)C1. The van der Waals surface area contributed by atoms with Gasteiger partial charge in [-0.15, -0.1) is 0 Å². The zero-order chi connectivity index (χ0) is 21.6. The Morgan fingerprint density at radius 3 is 2.50 bits per heavy atom. The monoisotopic (exact) mass is 436 g/mol. The average Bonchev–Trinajstić information content (AvgIpc) is 3.19. The summed E-state index contributed by atoms with van der Waals surface area (Å²) in [5.74, 6) is -0.575. The minimum Gasteiger partial charge on any atom is -0.365 e. The Labute approximate surface area is 175 Å². The Bertz CT molecular complexity index is 964. The van der Waals surface area contributed by atoms with E-state index in [2.05, 4.69) is 15.6 Å². The molecule has 0 spiro atoms. The number of nitrogens with one attached hydrogen (secondary N) is 2. The Balaban J connectivity index is 1.46. The average molecular weight is 437 g/mol. The van der Waals surface area contributed by atoms with Crippen molar-refractivity contribution in [2.45, 2.75) is 23.8 Å². The molecular weight excluding hydrogens is 410 g/mol. The second kappa shape index (κ2) is 9.88. The van der Waals surface area contributed by atoms with Crippen molar-refractivity contribution >= 4 is 21.5 Å². The highest BCUT2D eigenvalue weighted by molar-refractivity contribution is 7.91. The number of anilines is 1. The largest absolute Gasteiger partial charge is 0.365 e. The summed E-state index contributed by atoms with van der Waals surface area (Å²) >= 11 is 0. The zero-order valence-corrected chi connectivity index (χ0v) is 17.6. The molecule has 3 rings (SSSR count). The third kappa shape index (κ3) is 5.47. The van der Waals surface area contributed by atoms with E-state index >= 15 is 0 Å². The van der Waals surface area contributed by atoms with Crippen LogP contribution in [0.3, 0.4) is 0 Å². The van der Waals surface area contributed by atoms with Crippen LogP contribution in [0, 0.1) is 11.6 Å². The van der Waals surface area contributed by atoms with Crippen molar-refractivity contribution in [1.82, 2.24) is 10.6 Å². The Morgan fingerprint density at radius 1 is 1.13 bits per heavy atom. The van der Waals surface area contributed by atoms with E-state index in [9.17, 15) is 17.2 Å². The van der Waals surface area contributed by atoms with Gasteiger partial charge < -0.3 is 15.5 Å². The van der Waals surface area contributed by atoms with E-state index in [-0.39, 0.29) is 17.5 Å². The molecule has 0 radical (unpaired) electrons. The van der Waals surface area contributed by atoms with Crippen LogP contribution in [0.5, 0.6) is 0 Å². The van der Waals surface area contributed by atoms with Crippen LogP contribution in [-0.2, 0) is 9.84 Å². The lowest BCUT2D eigenvalue weighted by molar-refractivity contribution is 0.575. The molecule has 1 atom stereocenters. The molecule has 2 N–H and O–H groups in total. The third-order valence-electron chi connectivity index (χ3n) is 4.99. The van der Waals surface area contributed by atoms with Crippen LogP contribution < -0.4 is 15.5 Å². The van der Waals surface area contributed by atoms with E-state index in [4.69, 9.17) is 0 Å². The number of sulfone groups is 1. The number of rotatable bonds is 7. The first kappa shape index (κ1) is 22.0. The van der Waals surface area contributed by atoms with Gasteiger partial charge in [-0.25, -0.2) is 17.2 Å². The normalized spacial score (nSPS) is 17.2. The molecule has 162 valence electrons. The molecule has 2 aromatic rings. The number of benzene rings is 2. The Kier molecular flexibility index (Phi) is 7.25. The molecule has 2 aromatic carbocycles. The summed E-state index contributed by atoms with van der Waals surface area (Å²) in [5, 5.41) is 6.34. The molecular formula is C21H26F2N4O2S. The standard InChI is InChI=1S/C21H26F2N4O2S/c1-24-21(25-12-6-14-30(28,29)17-7-3-2-4-8-17)26-16-11-13-27(15-16)20-18(22)9-5-10-19(20)23/h2-5,7-10,16H,6,11-15H2,1H3,(H2,24,25,26). The van der Waals surface area contributed by atoms with Gasteiger partial charge in [-0.05, 0) is 37.1 Å². The highest BCUT2D eigenvalue weighted by Gasteiger charge is 2.27. The first-order valence-electron chi connectivity index (χ1n) is 9.84. The van der Waals surface area contributed by atoms with Crippen molar-refractivity contribution in [2.24, 2.45) is 4.99 Å². The Hall–Kier alpha value is -2.68. The predicted molar refractivity (Wildman–Crippen MR) is 115 cm³/mol. The minimum absolute atomic E-state index is 0.00383. The fourth-order valence-electron chi connectivity index (χ4n) is 3.47. The van der Waals surface area contributed by atoms with Crippen molar-refractivity contribution in [1.29, 1.82) is 0 Å². The molecule has 1 aliphatic heterocycles. The highest BCUT2D eigenvalue weighted by atomic mass is 32.2. The summed E-state index contributed by atoms with van der Waals surface area (Å²) in [6.07, 6.45) is 1.13. The van der Waals surface area contributed by atoms with Gasteiger partial charge in [0.25, 0.3) is 0 Å². The number of aliphatic imine (C=N–C) groups is 1. The third-order valence-corrected chi connectivity index (χ3v) is 6.81. The number of halogens is 2. The van der Waals surface area contributed by atoms with Crippen molar-refractivity contribution in [2.75, 3.05) is 37.3 Å². The van der Waals surface area contributed by atoms with Crippen LogP contribution in [-0.4, -0.2) is 52.9 Å². The summed E-state index contributed by atoms with van der Waals surface area (Å²) in [7, 11) is -1.69. The molecule has 1 aliphatic rings. The molecule has 1 unspecified atom stereocenters. The van der Waals surface area contributed by atoms with E-state index in [1.165, 1.54) is 18.2 Å². The van der Waals surface area contributed by atoms with Crippen LogP contribution >= 0.6 is 0 Å². The second-order valence-electron chi connectivity index (χ2n) is 7.13. The lowest BCUT2D eigenvalue weighted by Gasteiger charge is -2.21. The molecule has 1 saturated heterocycles. The van der Waals surface area contributed by atoms with Crippen molar-refractivity contribution in [3.05, 3.63) is 60.2 Å². The van der Waals surface area contributed by atoms with Gasteiger partial charge in [0.1, 0.15) is 17.3 Å². The molecule has 1 heterocycles. The highest BCUT2D eigenvalue weighted by Crippen LogP contribution is 2.26. The maximum absolute atomic E-state index is 14.0. The molecule has 0 aliphatic carbocycles. The van der Waals surface area contributed by atoms with Crippen LogP contribution in [0.2, 0.25) is 0 Å². The quantitative estimate of drug-likeness (QED) is 0.397. The summed E-state index contributed by atoms with van der Waals surface area (Å²) in [5.41, 5.74) is -0.00383. The maximum atomic E-state index is 14.0. The molecule has 0 bridgehead atoms. The van der Waals surface area contributed by atoms with Crippen molar-refractivity contribution in [3.8, 4) is 0 Å². The van der Waals surface area contributed by atoms with Crippen molar-refractivity contribution < 1.29 is 17.2 Å². The maximum Gasteiger partial charge on any atom is 0.191 e. The van der Waals surface area contributed by atoms with E-state index < -0.39 is 21.5 Å². The van der Waals surface area contributed by atoms with E-state index in [1.54, 1.807) is 42.3 Å². The molecule has 0 aromatic heterocycles. The zero-order valence-electron chi connectivity index (χ0n) is 16.8. The van der Waals surface area contributed by atoms with E-state index in [0.717, 1.165) is 0 Å². The number of hydrogen-bond acceptors (Lipinski definition) is 4. The van der Waals surface area contributed by atoms with Gasteiger partial charge in [0, 0.05) is 32.7 Å². The van der Waals surface area contributed by atoms with Crippen LogP contribution in [0.15, 0.2) is 58.4 Å². The van der Waals surface area contributed by atoms with E-state index in [0.29, 0.717) is 43.3 Å². The fourth-order valence-corrected chi connectivity index (χ4v) is 4.81. The lowest BCUT2D eigenvalue weighted by atomic mass is 10.2. The van der Waals surface area contributed by atoms with Gasteiger partial charge in [-0.1, -0.05) is 24.3 Å². The predicted octanol–water partition coefficient (Wildman–Crippen LogP) is 2.57. The van der Waals surface area contributed by atoms with E-state index in [1.807, 2.05) is 0 Å². The van der Waals surface area contributed by atoms with Crippen molar-refractivity contribution in [3.63, 3.8) is 0 Å². The topological polar surface area (TPSA) is 73.8 Å². The fraction of sp³-hybridized carbons (Fsp3) is 0.381. The molecule has 0 amide bonds. The smallest absolute Gasteiger partial charge is 0.191 e. The van der Waals surface area contributed by atoms with Crippen LogP contribution in [0.1, 0.15) is 12.8 Å². The number of hydrogen-bond donors (Lipinski definition) is 2. The van der Waals surface area contributed by atoms with Gasteiger partial charge >= 0.3 is 0 Å². The van der Waals surface area contributed by atoms with Crippen LogP contribution in [0.4, 0.5) is 14.5 Å². The number of nitrogens with zero attached hydrogens (tertiary/aromatic N) is 2. The molecule has 9 heteroatoms. The van der Waals surface area contributed by atoms with Gasteiger partial charge in [0.2, 0.25) is 0 Å². The molecule has 30 heavy (non-hydrogen) atoms. The van der Waals surface area contributed by atoms with Gasteiger partial charge in [0.05, 0.1) is 10.6 Å².